The molecule has 0 saturated carbocycles. The number of amides is 1. The predicted molar refractivity (Wildman–Crippen MR) is 78.7 cm³/mol. The highest BCUT2D eigenvalue weighted by Gasteiger charge is 2.28. The first kappa shape index (κ1) is 14.7. The number of nitrogens with zero attached hydrogens (tertiary/aromatic N) is 1. The third kappa shape index (κ3) is 3.07. The number of rotatable bonds is 4. The first-order valence-corrected chi connectivity index (χ1v) is 7.01. The van der Waals surface area contributed by atoms with Crippen LogP contribution >= 0.6 is 0 Å². The minimum Gasteiger partial charge on any atom is -0.369 e. The van der Waals surface area contributed by atoms with Gasteiger partial charge in [0, 0.05) is 12.1 Å². The van der Waals surface area contributed by atoms with Crippen molar-refractivity contribution in [2.24, 2.45) is 11.7 Å². The zero-order valence-corrected chi connectivity index (χ0v) is 12.4. The van der Waals surface area contributed by atoms with Crippen LogP contribution in [0.5, 0.6) is 0 Å². The van der Waals surface area contributed by atoms with Gasteiger partial charge in [0.1, 0.15) is 0 Å². The largest absolute Gasteiger partial charge is 0.369 e. The molecule has 0 bridgehead atoms. The Morgan fingerprint density at radius 3 is 2.35 bits per heavy atom. The maximum atomic E-state index is 12.5. The van der Waals surface area contributed by atoms with E-state index in [0.717, 1.165) is 29.7 Å². The average molecular weight is 274 g/mol. The van der Waals surface area contributed by atoms with Crippen molar-refractivity contribution in [1.82, 2.24) is 4.90 Å². The van der Waals surface area contributed by atoms with Crippen LogP contribution in [-0.2, 0) is 4.79 Å². The van der Waals surface area contributed by atoms with Crippen molar-refractivity contribution in [3.05, 3.63) is 34.4 Å². The molecule has 0 radical (unpaired) electrons. The van der Waals surface area contributed by atoms with E-state index in [1.807, 2.05) is 37.8 Å². The van der Waals surface area contributed by atoms with E-state index >= 15 is 0 Å². The lowest BCUT2D eigenvalue weighted by molar-refractivity contribution is -0.121. The Morgan fingerprint density at radius 1 is 1.25 bits per heavy atom. The van der Waals surface area contributed by atoms with Crippen LogP contribution in [0.25, 0.3) is 0 Å². The first-order chi connectivity index (χ1) is 9.38. The molecule has 1 amide bonds. The lowest BCUT2D eigenvalue weighted by Crippen LogP contribution is -2.31. The molecule has 1 aromatic rings. The van der Waals surface area contributed by atoms with Crippen molar-refractivity contribution in [1.29, 1.82) is 0 Å². The molecule has 0 aliphatic carbocycles. The van der Waals surface area contributed by atoms with Crippen LogP contribution in [-0.4, -0.2) is 36.2 Å². The molecule has 0 spiro atoms. The summed E-state index contributed by atoms with van der Waals surface area (Å²) < 4.78 is 0. The maximum Gasteiger partial charge on any atom is 0.221 e. The van der Waals surface area contributed by atoms with Crippen LogP contribution in [0.1, 0.15) is 33.5 Å². The maximum absolute atomic E-state index is 12.5. The molecule has 2 N–H and O–H groups in total. The second-order valence-corrected chi connectivity index (χ2v) is 5.82. The van der Waals surface area contributed by atoms with E-state index in [2.05, 4.69) is 0 Å². The van der Waals surface area contributed by atoms with Gasteiger partial charge in [0.25, 0.3) is 0 Å². The summed E-state index contributed by atoms with van der Waals surface area (Å²) in [6.45, 7) is 7.72. The molecule has 1 unspecified atom stereocenters. The fraction of sp³-hybridized carbons (Fsp3) is 0.500. The Labute approximate surface area is 119 Å². The highest BCUT2D eigenvalue weighted by atomic mass is 16.1. The minimum atomic E-state index is -0.261. The highest BCUT2D eigenvalue weighted by molar-refractivity contribution is 6.00. The number of ketones is 1. The van der Waals surface area contributed by atoms with Gasteiger partial charge in [-0.25, -0.2) is 0 Å². The summed E-state index contributed by atoms with van der Waals surface area (Å²) in [5.41, 5.74) is 9.36. The number of nitrogens with two attached hydrogens (primary N) is 1. The molecule has 1 aromatic carbocycles. The summed E-state index contributed by atoms with van der Waals surface area (Å²) in [5.74, 6) is -0.240. The molecule has 1 saturated heterocycles. The van der Waals surface area contributed by atoms with Gasteiger partial charge in [-0.05, 0) is 44.9 Å². The molecular weight excluding hydrogens is 252 g/mol. The van der Waals surface area contributed by atoms with E-state index in [4.69, 9.17) is 5.73 Å². The number of hydrogen-bond donors (Lipinski definition) is 1. The van der Waals surface area contributed by atoms with Gasteiger partial charge in [-0.3, -0.25) is 14.5 Å². The van der Waals surface area contributed by atoms with Gasteiger partial charge in [-0.2, -0.15) is 0 Å². The summed E-state index contributed by atoms with van der Waals surface area (Å²) in [4.78, 5) is 25.7. The van der Waals surface area contributed by atoms with E-state index in [9.17, 15) is 9.59 Å². The number of Topliss-reactive ketones (excluding diaryl/α,β-unsaturated/α-hetero) is 1. The zero-order valence-electron chi connectivity index (χ0n) is 12.4. The quantitative estimate of drug-likeness (QED) is 0.848. The summed E-state index contributed by atoms with van der Waals surface area (Å²) >= 11 is 0. The zero-order chi connectivity index (χ0) is 14.9. The Bertz CT molecular complexity index is 528. The normalized spacial score (nSPS) is 19.2. The molecule has 1 heterocycles. The van der Waals surface area contributed by atoms with Gasteiger partial charge < -0.3 is 5.73 Å². The smallest absolute Gasteiger partial charge is 0.221 e. The van der Waals surface area contributed by atoms with Gasteiger partial charge >= 0.3 is 0 Å². The molecule has 2 rings (SSSR count). The summed E-state index contributed by atoms with van der Waals surface area (Å²) in [6, 6.07) is 4.08. The Kier molecular flexibility index (Phi) is 4.23. The SMILES string of the molecule is Cc1cc(C)c(C(=O)CN2CCC(C(N)=O)C2)c(C)c1. The molecular formula is C16H22N2O2. The van der Waals surface area contributed by atoms with Crippen molar-refractivity contribution in [2.45, 2.75) is 27.2 Å². The second kappa shape index (κ2) is 5.75. The van der Waals surface area contributed by atoms with Gasteiger partial charge in [0.05, 0.1) is 12.5 Å². The Hall–Kier alpha value is -1.68. The van der Waals surface area contributed by atoms with Gasteiger partial charge in [-0.1, -0.05) is 17.7 Å². The number of carbonyl (C=O) groups is 2. The number of likely N-dealkylation sites (tertiary alicyclic amines) is 1. The number of carbonyl (C=O) groups excluding carboxylic acids is 2. The first-order valence-electron chi connectivity index (χ1n) is 7.01. The average Bonchev–Trinajstić information content (AvgIpc) is 2.75. The fourth-order valence-corrected chi connectivity index (χ4v) is 3.11. The van der Waals surface area contributed by atoms with Crippen LogP contribution in [0.3, 0.4) is 0 Å². The molecule has 108 valence electrons. The van der Waals surface area contributed by atoms with E-state index in [0.29, 0.717) is 13.1 Å². The third-order valence-corrected chi connectivity index (χ3v) is 4.00. The molecule has 20 heavy (non-hydrogen) atoms. The van der Waals surface area contributed by atoms with Crippen LogP contribution in [0.4, 0.5) is 0 Å². The Balaban J connectivity index is 2.08. The molecule has 1 aliphatic heterocycles. The topological polar surface area (TPSA) is 63.4 Å². The van der Waals surface area contributed by atoms with Gasteiger partial charge in [0.2, 0.25) is 5.91 Å². The fourth-order valence-electron chi connectivity index (χ4n) is 3.11. The number of benzene rings is 1. The number of primary amides is 1. The van der Waals surface area contributed by atoms with E-state index in [1.165, 1.54) is 5.56 Å². The van der Waals surface area contributed by atoms with Crippen LogP contribution in [0, 0.1) is 26.7 Å². The molecule has 4 nitrogen and oxygen atoms in total. The van der Waals surface area contributed by atoms with Crippen LogP contribution in [0.15, 0.2) is 12.1 Å². The summed E-state index contributed by atoms with van der Waals surface area (Å²) in [6.07, 6.45) is 0.758. The summed E-state index contributed by atoms with van der Waals surface area (Å²) in [5, 5.41) is 0. The molecule has 1 atom stereocenters. The van der Waals surface area contributed by atoms with Crippen molar-refractivity contribution < 1.29 is 9.59 Å². The van der Waals surface area contributed by atoms with Crippen molar-refractivity contribution in [3.8, 4) is 0 Å². The Morgan fingerprint density at radius 2 is 1.85 bits per heavy atom. The molecule has 1 fully saturated rings. The lowest BCUT2D eigenvalue weighted by atomic mass is 9.96. The lowest BCUT2D eigenvalue weighted by Gasteiger charge is -2.16. The van der Waals surface area contributed by atoms with Crippen molar-refractivity contribution in [2.75, 3.05) is 19.6 Å². The number of aryl methyl sites for hydroxylation is 3. The van der Waals surface area contributed by atoms with E-state index < -0.39 is 0 Å². The van der Waals surface area contributed by atoms with Gasteiger partial charge in [-0.15, -0.1) is 0 Å². The van der Waals surface area contributed by atoms with Crippen LogP contribution in [0.2, 0.25) is 0 Å². The third-order valence-electron chi connectivity index (χ3n) is 4.00. The van der Waals surface area contributed by atoms with E-state index in [-0.39, 0.29) is 17.6 Å². The van der Waals surface area contributed by atoms with E-state index in [1.54, 1.807) is 0 Å². The van der Waals surface area contributed by atoms with Crippen LogP contribution < -0.4 is 5.73 Å². The van der Waals surface area contributed by atoms with Crippen molar-refractivity contribution in [3.63, 3.8) is 0 Å². The monoisotopic (exact) mass is 274 g/mol. The van der Waals surface area contributed by atoms with Crippen molar-refractivity contribution >= 4 is 11.7 Å². The minimum absolute atomic E-state index is 0.108. The predicted octanol–water partition coefficient (Wildman–Crippen LogP) is 1.60. The standard InChI is InChI=1S/C16H22N2O2/c1-10-6-11(2)15(12(3)7-10)14(19)9-18-5-4-13(8-18)16(17)20/h6-7,13H,4-5,8-9H2,1-3H3,(H2,17,20). The summed E-state index contributed by atoms with van der Waals surface area (Å²) in [7, 11) is 0. The second-order valence-electron chi connectivity index (χ2n) is 5.82. The molecule has 1 aliphatic rings. The highest BCUT2D eigenvalue weighted by Crippen LogP contribution is 2.20. The number of hydrogen-bond acceptors (Lipinski definition) is 3. The molecule has 4 heteroatoms. The molecule has 0 aromatic heterocycles. The van der Waals surface area contributed by atoms with Gasteiger partial charge in [0.15, 0.2) is 5.78 Å².